The Morgan fingerprint density at radius 2 is 2.21 bits per heavy atom. The fourth-order valence-electron chi connectivity index (χ4n) is 1.76. The molecule has 2 rings (SSSR count). The van der Waals surface area contributed by atoms with E-state index in [0.29, 0.717) is 12.1 Å². The number of aryl methyl sites for hydroxylation is 1. The summed E-state index contributed by atoms with van der Waals surface area (Å²) in [7, 11) is 0. The van der Waals surface area contributed by atoms with Crippen LogP contribution < -0.4 is 0 Å². The van der Waals surface area contributed by atoms with Crippen LogP contribution in [0.25, 0.3) is 0 Å². The minimum atomic E-state index is -2.56. The van der Waals surface area contributed by atoms with Crippen molar-refractivity contribution in [3.8, 4) is 0 Å². The standard InChI is InChI=1S/C10H11F2NO/c11-10(12)7-5-4-6-2-1-3-8(14)9(6)13-7/h4-5,8,10,14H,1-3H2. The van der Waals surface area contributed by atoms with Crippen molar-refractivity contribution >= 4 is 0 Å². The molecule has 2 nitrogen and oxygen atoms in total. The van der Waals surface area contributed by atoms with Gasteiger partial charge in [0.05, 0.1) is 11.8 Å². The minimum Gasteiger partial charge on any atom is -0.387 e. The molecule has 0 spiro atoms. The molecule has 0 aromatic carbocycles. The Morgan fingerprint density at radius 1 is 1.43 bits per heavy atom. The van der Waals surface area contributed by atoms with Gasteiger partial charge in [-0.2, -0.15) is 0 Å². The van der Waals surface area contributed by atoms with Crippen molar-refractivity contribution in [2.75, 3.05) is 0 Å². The first-order valence-electron chi connectivity index (χ1n) is 4.64. The minimum absolute atomic E-state index is 0.246. The van der Waals surface area contributed by atoms with Crippen molar-refractivity contribution in [3.05, 3.63) is 29.1 Å². The van der Waals surface area contributed by atoms with Crippen molar-refractivity contribution in [1.82, 2.24) is 4.98 Å². The molecule has 0 saturated carbocycles. The summed E-state index contributed by atoms with van der Waals surface area (Å²) in [4.78, 5) is 3.79. The Kier molecular flexibility index (Phi) is 2.46. The molecule has 1 N–H and O–H groups in total. The van der Waals surface area contributed by atoms with E-state index in [2.05, 4.69) is 4.98 Å². The second-order valence-electron chi connectivity index (χ2n) is 3.49. The first kappa shape index (κ1) is 9.52. The molecule has 0 amide bonds. The first-order chi connectivity index (χ1) is 6.68. The van der Waals surface area contributed by atoms with Crippen LogP contribution >= 0.6 is 0 Å². The molecular weight excluding hydrogens is 188 g/mol. The first-order valence-corrected chi connectivity index (χ1v) is 4.64. The Hall–Kier alpha value is -1.03. The fraction of sp³-hybridized carbons (Fsp3) is 0.500. The van der Waals surface area contributed by atoms with E-state index >= 15 is 0 Å². The van der Waals surface area contributed by atoms with E-state index in [0.717, 1.165) is 18.4 Å². The number of fused-ring (bicyclic) bond motifs is 1. The van der Waals surface area contributed by atoms with Gasteiger partial charge in [0.1, 0.15) is 5.69 Å². The van der Waals surface area contributed by atoms with Gasteiger partial charge in [0.25, 0.3) is 6.43 Å². The van der Waals surface area contributed by atoms with Crippen molar-refractivity contribution < 1.29 is 13.9 Å². The van der Waals surface area contributed by atoms with Gasteiger partial charge in [-0.3, -0.25) is 0 Å². The molecule has 76 valence electrons. The molecule has 0 aliphatic heterocycles. The lowest BCUT2D eigenvalue weighted by molar-refractivity contribution is 0.136. The number of pyridine rings is 1. The molecule has 1 aromatic heterocycles. The topological polar surface area (TPSA) is 33.1 Å². The lowest BCUT2D eigenvalue weighted by Crippen LogP contribution is -2.12. The van der Waals surface area contributed by atoms with Crippen molar-refractivity contribution in [2.24, 2.45) is 0 Å². The van der Waals surface area contributed by atoms with Gasteiger partial charge >= 0.3 is 0 Å². The molecular formula is C10H11F2NO. The third kappa shape index (κ3) is 1.62. The van der Waals surface area contributed by atoms with E-state index in [-0.39, 0.29) is 5.69 Å². The van der Waals surface area contributed by atoms with Crippen LogP contribution in [-0.2, 0) is 6.42 Å². The third-order valence-corrected chi connectivity index (χ3v) is 2.50. The zero-order valence-corrected chi connectivity index (χ0v) is 7.58. The fourth-order valence-corrected chi connectivity index (χ4v) is 1.76. The summed E-state index contributed by atoms with van der Waals surface area (Å²) >= 11 is 0. The van der Waals surface area contributed by atoms with Gasteiger partial charge in [0.2, 0.25) is 0 Å². The highest BCUT2D eigenvalue weighted by molar-refractivity contribution is 5.27. The zero-order valence-electron chi connectivity index (χ0n) is 7.58. The van der Waals surface area contributed by atoms with E-state index in [1.165, 1.54) is 6.07 Å². The van der Waals surface area contributed by atoms with Crippen LogP contribution in [0.15, 0.2) is 12.1 Å². The Labute approximate surface area is 80.6 Å². The molecule has 0 saturated heterocycles. The van der Waals surface area contributed by atoms with Gasteiger partial charge in [-0.15, -0.1) is 0 Å². The van der Waals surface area contributed by atoms with Crippen LogP contribution in [-0.4, -0.2) is 10.1 Å². The van der Waals surface area contributed by atoms with Gasteiger partial charge in [0.15, 0.2) is 0 Å². The smallest absolute Gasteiger partial charge is 0.280 e. The summed E-state index contributed by atoms with van der Waals surface area (Å²) in [6.07, 6.45) is -0.897. The summed E-state index contributed by atoms with van der Waals surface area (Å²) in [5.41, 5.74) is 1.09. The van der Waals surface area contributed by atoms with Crippen LogP contribution in [0.4, 0.5) is 8.78 Å². The molecule has 1 aliphatic carbocycles. The highest BCUT2D eigenvalue weighted by atomic mass is 19.3. The highest BCUT2D eigenvalue weighted by Gasteiger charge is 2.21. The lowest BCUT2D eigenvalue weighted by atomic mass is 9.93. The maximum absolute atomic E-state index is 12.3. The second-order valence-corrected chi connectivity index (χ2v) is 3.49. The number of alkyl halides is 2. The van der Waals surface area contributed by atoms with E-state index < -0.39 is 12.5 Å². The summed E-state index contributed by atoms with van der Waals surface area (Å²) in [5.74, 6) is 0. The van der Waals surface area contributed by atoms with Gasteiger partial charge in [-0.25, -0.2) is 13.8 Å². The van der Waals surface area contributed by atoms with Gasteiger partial charge in [0, 0.05) is 0 Å². The average molecular weight is 199 g/mol. The van der Waals surface area contributed by atoms with Crippen LogP contribution in [0.1, 0.15) is 42.3 Å². The summed E-state index contributed by atoms with van der Waals surface area (Å²) < 4.78 is 24.6. The Balaban J connectivity index is 2.41. The molecule has 0 fully saturated rings. The van der Waals surface area contributed by atoms with Crippen LogP contribution in [0.3, 0.4) is 0 Å². The van der Waals surface area contributed by atoms with Crippen molar-refractivity contribution in [1.29, 1.82) is 0 Å². The highest BCUT2D eigenvalue weighted by Crippen LogP contribution is 2.29. The van der Waals surface area contributed by atoms with Crippen LogP contribution in [0.2, 0.25) is 0 Å². The normalized spacial score (nSPS) is 21.0. The largest absolute Gasteiger partial charge is 0.387 e. The number of hydrogen-bond acceptors (Lipinski definition) is 2. The molecule has 1 atom stereocenters. The number of rotatable bonds is 1. The molecule has 4 heteroatoms. The van der Waals surface area contributed by atoms with E-state index in [9.17, 15) is 13.9 Å². The number of halogens is 2. The van der Waals surface area contributed by atoms with Crippen LogP contribution in [0.5, 0.6) is 0 Å². The van der Waals surface area contributed by atoms with Crippen molar-refractivity contribution in [3.63, 3.8) is 0 Å². The van der Waals surface area contributed by atoms with Gasteiger partial charge in [-0.05, 0) is 30.9 Å². The number of hydrogen-bond donors (Lipinski definition) is 1. The van der Waals surface area contributed by atoms with Gasteiger partial charge < -0.3 is 5.11 Å². The third-order valence-electron chi connectivity index (χ3n) is 2.50. The SMILES string of the molecule is OC1CCCc2ccc(C(F)F)nc21. The van der Waals surface area contributed by atoms with Crippen LogP contribution in [0, 0.1) is 0 Å². The predicted octanol–water partition coefficient (Wildman–Crippen LogP) is 2.39. The monoisotopic (exact) mass is 199 g/mol. The Bertz CT molecular complexity index is 341. The number of aliphatic hydroxyl groups is 1. The molecule has 1 aliphatic rings. The Morgan fingerprint density at radius 3 is 2.93 bits per heavy atom. The summed E-state index contributed by atoms with van der Waals surface area (Å²) in [5, 5.41) is 9.56. The zero-order chi connectivity index (χ0) is 10.1. The van der Waals surface area contributed by atoms with E-state index in [1.54, 1.807) is 6.07 Å². The van der Waals surface area contributed by atoms with Gasteiger partial charge in [-0.1, -0.05) is 6.07 Å². The molecule has 0 radical (unpaired) electrons. The second kappa shape index (κ2) is 3.61. The van der Waals surface area contributed by atoms with E-state index in [1.807, 2.05) is 0 Å². The average Bonchev–Trinajstić information content (AvgIpc) is 2.18. The van der Waals surface area contributed by atoms with Crippen molar-refractivity contribution in [2.45, 2.75) is 31.8 Å². The summed E-state index contributed by atoms with van der Waals surface area (Å²) in [6, 6.07) is 2.98. The molecule has 1 heterocycles. The molecule has 1 unspecified atom stereocenters. The predicted molar refractivity (Wildman–Crippen MR) is 47.1 cm³/mol. The summed E-state index contributed by atoms with van der Waals surface area (Å²) in [6.45, 7) is 0. The quantitative estimate of drug-likeness (QED) is 0.753. The van der Waals surface area contributed by atoms with E-state index in [4.69, 9.17) is 0 Å². The lowest BCUT2D eigenvalue weighted by Gasteiger charge is -2.20. The number of nitrogens with zero attached hydrogens (tertiary/aromatic N) is 1. The molecule has 14 heavy (non-hydrogen) atoms. The molecule has 0 bridgehead atoms. The number of aliphatic hydroxyl groups excluding tert-OH is 1. The molecule has 1 aromatic rings. The maximum atomic E-state index is 12.3. The maximum Gasteiger partial charge on any atom is 0.280 e. The number of aromatic nitrogens is 1.